The van der Waals surface area contributed by atoms with Crippen molar-refractivity contribution in [2.75, 3.05) is 11.9 Å². The highest BCUT2D eigenvalue weighted by molar-refractivity contribution is 5.85. The summed E-state index contributed by atoms with van der Waals surface area (Å²) in [6, 6.07) is 6.19. The second kappa shape index (κ2) is 7.20. The Morgan fingerprint density at radius 3 is 2.81 bits per heavy atom. The summed E-state index contributed by atoms with van der Waals surface area (Å²) in [5, 5.41) is 3.13. The van der Waals surface area contributed by atoms with Crippen LogP contribution in [0.3, 0.4) is 0 Å². The van der Waals surface area contributed by atoms with Crippen LogP contribution in [-0.4, -0.2) is 38.8 Å². The summed E-state index contributed by atoms with van der Waals surface area (Å²) >= 11 is 0. The van der Waals surface area contributed by atoms with E-state index in [1.807, 2.05) is 4.57 Å². The van der Waals surface area contributed by atoms with Gasteiger partial charge in [-0.3, -0.25) is 0 Å². The number of ether oxygens (including phenoxy) is 2. The normalized spacial score (nSPS) is 17.1. The van der Waals surface area contributed by atoms with Crippen LogP contribution in [0.1, 0.15) is 12.8 Å². The number of benzene rings is 1. The van der Waals surface area contributed by atoms with Crippen molar-refractivity contribution in [3.05, 3.63) is 36.9 Å². The van der Waals surface area contributed by atoms with Gasteiger partial charge in [-0.15, -0.1) is 0 Å². The first-order chi connectivity index (χ1) is 12.7. The highest BCUT2D eigenvalue weighted by Crippen LogP contribution is 2.25. The van der Waals surface area contributed by atoms with Gasteiger partial charge in [-0.05, 0) is 37.1 Å². The van der Waals surface area contributed by atoms with Crippen LogP contribution < -0.4 is 10.1 Å². The van der Waals surface area contributed by atoms with E-state index < -0.39 is 6.61 Å². The fraction of sp³-hybridized carbons (Fsp3) is 0.353. The van der Waals surface area contributed by atoms with Gasteiger partial charge in [-0.25, -0.2) is 15.0 Å². The summed E-state index contributed by atoms with van der Waals surface area (Å²) in [6.07, 6.45) is 5.48. The maximum absolute atomic E-state index is 12.2. The van der Waals surface area contributed by atoms with Crippen molar-refractivity contribution < 1.29 is 18.3 Å². The molecule has 0 radical (unpaired) electrons. The van der Waals surface area contributed by atoms with Crippen LogP contribution in [0.5, 0.6) is 5.75 Å². The van der Waals surface area contributed by atoms with Gasteiger partial charge in [-0.1, -0.05) is 0 Å². The number of imidazole rings is 1. The van der Waals surface area contributed by atoms with Crippen LogP contribution in [0.2, 0.25) is 0 Å². The number of alkyl halides is 2. The molecular weight excluding hydrogens is 344 g/mol. The van der Waals surface area contributed by atoms with Gasteiger partial charge in [0.05, 0.1) is 19.0 Å². The predicted molar refractivity (Wildman–Crippen MR) is 90.7 cm³/mol. The lowest BCUT2D eigenvalue weighted by Crippen LogP contribution is -2.14. The van der Waals surface area contributed by atoms with Crippen LogP contribution in [0.15, 0.2) is 36.9 Å². The number of halogens is 2. The molecule has 1 aromatic carbocycles. The summed E-state index contributed by atoms with van der Waals surface area (Å²) in [6.45, 7) is -1.35. The Balaban J connectivity index is 1.54. The summed E-state index contributed by atoms with van der Waals surface area (Å²) < 4.78 is 36.4. The molecule has 0 bridgehead atoms. The molecule has 3 heterocycles. The van der Waals surface area contributed by atoms with Gasteiger partial charge in [0.15, 0.2) is 17.0 Å². The van der Waals surface area contributed by atoms with Crippen molar-refractivity contribution in [2.45, 2.75) is 32.1 Å². The number of hydrogen-bond donors (Lipinski definition) is 1. The number of aromatic nitrogens is 4. The Bertz CT molecular complexity index is 878. The van der Waals surface area contributed by atoms with E-state index in [9.17, 15) is 8.78 Å². The van der Waals surface area contributed by atoms with Gasteiger partial charge in [0.25, 0.3) is 0 Å². The van der Waals surface area contributed by atoms with E-state index in [-0.39, 0.29) is 11.9 Å². The van der Waals surface area contributed by atoms with E-state index in [1.54, 1.807) is 18.5 Å². The third kappa shape index (κ3) is 3.57. The minimum absolute atomic E-state index is 0.0965. The lowest BCUT2D eigenvalue weighted by Gasteiger charge is -2.11. The van der Waals surface area contributed by atoms with E-state index in [0.29, 0.717) is 23.6 Å². The molecule has 1 atom stereocenters. The molecule has 0 saturated carbocycles. The van der Waals surface area contributed by atoms with Gasteiger partial charge in [0.2, 0.25) is 0 Å². The number of anilines is 2. The summed E-state index contributed by atoms with van der Waals surface area (Å²) in [4.78, 5) is 13.0. The number of rotatable bonds is 6. The fourth-order valence-corrected chi connectivity index (χ4v) is 2.97. The van der Waals surface area contributed by atoms with Crippen LogP contribution in [-0.2, 0) is 11.3 Å². The molecule has 1 aliphatic rings. The first kappa shape index (κ1) is 16.6. The van der Waals surface area contributed by atoms with Gasteiger partial charge in [0, 0.05) is 12.3 Å². The molecule has 1 saturated heterocycles. The quantitative estimate of drug-likeness (QED) is 0.726. The molecule has 4 rings (SSSR count). The molecule has 1 unspecified atom stereocenters. The third-order valence-electron chi connectivity index (χ3n) is 4.17. The highest BCUT2D eigenvalue weighted by Gasteiger charge is 2.18. The average molecular weight is 361 g/mol. The van der Waals surface area contributed by atoms with Crippen LogP contribution in [0.25, 0.3) is 11.2 Å². The largest absolute Gasteiger partial charge is 0.435 e. The zero-order valence-electron chi connectivity index (χ0n) is 13.8. The molecule has 7 nitrogen and oxygen atoms in total. The van der Waals surface area contributed by atoms with Crippen LogP contribution in [0, 0.1) is 0 Å². The summed E-state index contributed by atoms with van der Waals surface area (Å²) in [5.41, 5.74) is 2.04. The average Bonchev–Trinajstić information content (AvgIpc) is 3.28. The molecule has 136 valence electrons. The highest BCUT2D eigenvalue weighted by atomic mass is 19.3. The van der Waals surface area contributed by atoms with E-state index in [1.165, 1.54) is 18.5 Å². The SMILES string of the molecule is FC(F)Oc1ccc(Nc2ncnc3c2ncn3CC2CCCO2)cc1. The summed E-state index contributed by atoms with van der Waals surface area (Å²) in [7, 11) is 0. The molecule has 0 spiro atoms. The van der Waals surface area contributed by atoms with Crippen molar-refractivity contribution in [1.29, 1.82) is 0 Å². The lowest BCUT2D eigenvalue weighted by atomic mass is 10.2. The van der Waals surface area contributed by atoms with E-state index in [0.717, 1.165) is 25.1 Å². The number of hydrogen-bond acceptors (Lipinski definition) is 6. The molecule has 26 heavy (non-hydrogen) atoms. The Kier molecular flexibility index (Phi) is 4.61. The molecule has 0 aliphatic carbocycles. The van der Waals surface area contributed by atoms with Crippen molar-refractivity contribution in [3.8, 4) is 5.75 Å². The number of fused-ring (bicyclic) bond motifs is 1. The van der Waals surface area contributed by atoms with Crippen LogP contribution >= 0.6 is 0 Å². The van der Waals surface area contributed by atoms with Crippen molar-refractivity contribution in [3.63, 3.8) is 0 Å². The molecular formula is C17H17F2N5O2. The maximum atomic E-state index is 12.2. The second-order valence-electron chi connectivity index (χ2n) is 5.95. The van der Waals surface area contributed by atoms with E-state index in [4.69, 9.17) is 4.74 Å². The zero-order chi connectivity index (χ0) is 17.9. The van der Waals surface area contributed by atoms with Gasteiger partial charge < -0.3 is 19.4 Å². The second-order valence-corrected chi connectivity index (χ2v) is 5.95. The molecule has 2 aromatic heterocycles. The van der Waals surface area contributed by atoms with Crippen molar-refractivity contribution in [2.24, 2.45) is 0 Å². The van der Waals surface area contributed by atoms with Gasteiger partial charge in [-0.2, -0.15) is 8.78 Å². The molecule has 9 heteroatoms. The van der Waals surface area contributed by atoms with E-state index >= 15 is 0 Å². The standard InChI is InChI=1S/C17H17F2N5O2/c18-17(19)26-12-5-3-11(4-6-12)23-15-14-16(21-9-20-15)24(10-22-14)8-13-2-1-7-25-13/h3-6,9-10,13,17H,1-2,7-8H2,(H,20,21,23). The van der Waals surface area contributed by atoms with Gasteiger partial charge in [0.1, 0.15) is 12.1 Å². The maximum Gasteiger partial charge on any atom is 0.387 e. The molecule has 1 N–H and O–H groups in total. The predicted octanol–water partition coefficient (Wildman–Crippen LogP) is 3.35. The van der Waals surface area contributed by atoms with Crippen molar-refractivity contribution >= 4 is 22.7 Å². The number of nitrogens with zero attached hydrogens (tertiary/aromatic N) is 4. The molecule has 1 aliphatic heterocycles. The Morgan fingerprint density at radius 1 is 1.23 bits per heavy atom. The molecule has 0 amide bonds. The lowest BCUT2D eigenvalue weighted by molar-refractivity contribution is -0.0498. The number of nitrogens with one attached hydrogen (secondary N) is 1. The zero-order valence-corrected chi connectivity index (χ0v) is 13.8. The first-order valence-electron chi connectivity index (χ1n) is 8.28. The summed E-state index contributed by atoms with van der Waals surface area (Å²) in [5.74, 6) is 0.642. The Labute approximate surface area is 148 Å². The minimum atomic E-state index is -2.84. The Hall–Kier alpha value is -2.81. The van der Waals surface area contributed by atoms with Crippen LogP contribution in [0.4, 0.5) is 20.3 Å². The monoisotopic (exact) mass is 361 g/mol. The van der Waals surface area contributed by atoms with Gasteiger partial charge >= 0.3 is 6.61 Å². The molecule has 3 aromatic rings. The first-order valence-corrected chi connectivity index (χ1v) is 8.28. The fourth-order valence-electron chi connectivity index (χ4n) is 2.97. The Morgan fingerprint density at radius 2 is 2.08 bits per heavy atom. The van der Waals surface area contributed by atoms with Crippen molar-refractivity contribution in [1.82, 2.24) is 19.5 Å². The molecule has 1 fully saturated rings. The van der Waals surface area contributed by atoms with E-state index in [2.05, 4.69) is 25.0 Å². The topological polar surface area (TPSA) is 74.1 Å². The minimum Gasteiger partial charge on any atom is -0.435 e. The third-order valence-corrected chi connectivity index (χ3v) is 4.17. The smallest absolute Gasteiger partial charge is 0.387 e.